The van der Waals surface area contributed by atoms with Crippen molar-refractivity contribution in [3.8, 4) is 11.1 Å². The van der Waals surface area contributed by atoms with Gasteiger partial charge in [-0.3, -0.25) is 4.98 Å². The summed E-state index contributed by atoms with van der Waals surface area (Å²) >= 11 is 0. The number of hydrogen-bond acceptors (Lipinski definition) is 1. The lowest BCUT2D eigenvalue weighted by atomic mass is 9.90. The third kappa shape index (κ3) is 2.23. The minimum Gasteiger partial charge on any atom is -0.256 e. The number of aromatic nitrogens is 1. The monoisotopic (exact) mass is 275 g/mol. The van der Waals surface area contributed by atoms with Crippen LogP contribution in [0, 0.1) is 5.92 Å². The van der Waals surface area contributed by atoms with Crippen LogP contribution in [0.3, 0.4) is 0 Å². The van der Waals surface area contributed by atoms with E-state index in [0.717, 1.165) is 5.69 Å². The maximum absolute atomic E-state index is 4.72. The zero-order valence-corrected chi connectivity index (χ0v) is 13.1. The van der Waals surface area contributed by atoms with Crippen molar-refractivity contribution >= 4 is 5.57 Å². The summed E-state index contributed by atoms with van der Waals surface area (Å²) in [6.07, 6.45) is 1.90. The highest BCUT2D eigenvalue weighted by Gasteiger charge is 2.27. The molecule has 1 atom stereocenters. The van der Waals surface area contributed by atoms with E-state index >= 15 is 0 Å². The van der Waals surface area contributed by atoms with Gasteiger partial charge in [0.05, 0.1) is 5.69 Å². The van der Waals surface area contributed by atoms with Crippen LogP contribution in [0.15, 0.2) is 65.4 Å². The van der Waals surface area contributed by atoms with Crippen molar-refractivity contribution in [2.45, 2.75) is 27.7 Å². The van der Waals surface area contributed by atoms with Crippen LogP contribution in [-0.4, -0.2) is 4.98 Å². The van der Waals surface area contributed by atoms with Gasteiger partial charge in [-0.1, -0.05) is 48.9 Å². The van der Waals surface area contributed by atoms with Crippen molar-refractivity contribution in [1.82, 2.24) is 4.98 Å². The van der Waals surface area contributed by atoms with Gasteiger partial charge < -0.3 is 0 Å². The molecule has 1 aromatic heterocycles. The topological polar surface area (TPSA) is 12.9 Å². The predicted molar refractivity (Wildman–Crippen MR) is 89.8 cm³/mol. The van der Waals surface area contributed by atoms with Crippen LogP contribution in [0.5, 0.6) is 0 Å². The smallest absolute Gasteiger partial charge is 0.0748 e. The summed E-state index contributed by atoms with van der Waals surface area (Å²) in [6.45, 7) is 8.97. The van der Waals surface area contributed by atoms with Gasteiger partial charge in [0.2, 0.25) is 0 Å². The molecule has 2 aromatic rings. The molecule has 1 aliphatic rings. The molecule has 0 saturated carbocycles. The molecule has 1 nitrogen and oxygen atoms in total. The quantitative estimate of drug-likeness (QED) is 0.704. The molecule has 1 heteroatoms. The van der Waals surface area contributed by atoms with Crippen molar-refractivity contribution in [1.29, 1.82) is 0 Å². The standard InChI is InChI=1S/C20H21N/c1-13-14(2)16(4)19(15(13)3)20-18(11-8-12-21-20)17-9-6-5-7-10-17/h5-12,15H,1-4H3. The normalized spacial score (nSPS) is 18.6. The molecule has 0 spiro atoms. The molecular formula is C20H21N. The number of rotatable bonds is 2. The van der Waals surface area contributed by atoms with Gasteiger partial charge in [-0.05, 0) is 49.1 Å². The fourth-order valence-corrected chi connectivity index (χ4v) is 3.22. The molecule has 0 aliphatic heterocycles. The van der Waals surface area contributed by atoms with Gasteiger partial charge >= 0.3 is 0 Å². The molecule has 3 rings (SSSR count). The van der Waals surface area contributed by atoms with Crippen LogP contribution >= 0.6 is 0 Å². The van der Waals surface area contributed by atoms with Gasteiger partial charge in [-0.25, -0.2) is 0 Å². The minimum absolute atomic E-state index is 0.447. The Kier molecular flexibility index (Phi) is 3.50. The fourth-order valence-electron chi connectivity index (χ4n) is 3.22. The van der Waals surface area contributed by atoms with Gasteiger partial charge in [0.25, 0.3) is 0 Å². The predicted octanol–water partition coefficient (Wildman–Crippen LogP) is 5.51. The van der Waals surface area contributed by atoms with Crippen LogP contribution in [-0.2, 0) is 0 Å². The highest BCUT2D eigenvalue weighted by Crippen LogP contribution is 2.44. The molecule has 1 unspecified atom stereocenters. The van der Waals surface area contributed by atoms with E-state index in [2.05, 4.69) is 64.1 Å². The number of pyridine rings is 1. The Labute approximate surface area is 127 Å². The molecule has 1 heterocycles. The first-order chi connectivity index (χ1) is 10.1. The maximum Gasteiger partial charge on any atom is 0.0748 e. The average Bonchev–Trinajstić information content (AvgIpc) is 2.72. The molecule has 0 N–H and O–H groups in total. The lowest BCUT2D eigenvalue weighted by Crippen LogP contribution is -2.01. The van der Waals surface area contributed by atoms with E-state index in [1.54, 1.807) is 0 Å². The van der Waals surface area contributed by atoms with E-state index < -0.39 is 0 Å². The van der Waals surface area contributed by atoms with Crippen LogP contribution in [0.4, 0.5) is 0 Å². The third-order valence-electron chi connectivity index (χ3n) is 4.79. The van der Waals surface area contributed by atoms with E-state index in [1.807, 2.05) is 12.3 Å². The summed E-state index contributed by atoms with van der Waals surface area (Å²) in [5.74, 6) is 0.447. The van der Waals surface area contributed by atoms with E-state index in [9.17, 15) is 0 Å². The second-order valence-corrected chi connectivity index (χ2v) is 5.83. The summed E-state index contributed by atoms with van der Waals surface area (Å²) in [5.41, 5.74) is 9.23. The zero-order chi connectivity index (χ0) is 15.0. The van der Waals surface area contributed by atoms with Crippen LogP contribution < -0.4 is 0 Å². The molecular weight excluding hydrogens is 254 g/mol. The molecule has 106 valence electrons. The van der Waals surface area contributed by atoms with E-state index in [-0.39, 0.29) is 0 Å². The van der Waals surface area contributed by atoms with E-state index in [1.165, 1.54) is 33.4 Å². The molecule has 0 radical (unpaired) electrons. The van der Waals surface area contributed by atoms with Gasteiger partial charge in [0.15, 0.2) is 0 Å². The van der Waals surface area contributed by atoms with Crippen molar-refractivity contribution < 1.29 is 0 Å². The Morgan fingerprint density at radius 2 is 1.57 bits per heavy atom. The number of nitrogens with zero attached hydrogens (tertiary/aromatic N) is 1. The largest absolute Gasteiger partial charge is 0.256 e. The van der Waals surface area contributed by atoms with Gasteiger partial charge in [0, 0.05) is 17.7 Å². The van der Waals surface area contributed by atoms with Crippen LogP contribution in [0.2, 0.25) is 0 Å². The first-order valence-corrected chi connectivity index (χ1v) is 7.50. The van der Waals surface area contributed by atoms with Gasteiger partial charge in [-0.15, -0.1) is 0 Å². The Hall–Kier alpha value is -2.15. The molecule has 1 aliphatic carbocycles. The summed E-state index contributed by atoms with van der Waals surface area (Å²) in [7, 11) is 0. The summed E-state index contributed by atoms with van der Waals surface area (Å²) < 4.78 is 0. The minimum atomic E-state index is 0.447. The second kappa shape index (κ2) is 5.33. The first-order valence-electron chi connectivity index (χ1n) is 7.50. The van der Waals surface area contributed by atoms with Crippen LogP contribution in [0.1, 0.15) is 33.4 Å². The van der Waals surface area contributed by atoms with Crippen molar-refractivity contribution in [2.75, 3.05) is 0 Å². The number of benzene rings is 1. The highest BCUT2D eigenvalue weighted by atomic mass is 14.7. The zero-order valence-electron chi connectivity index (χ0n) is 13.1. The average molecular weight is 275 g/mol. The Morgan fingerprint density at radius 1 is 0.857 bits per heavy atom. The Morgan fingerprint density at radius 3 is 2.19 bits per heavy atom. The Balaban J connectivity index is 2.19. The maximum atomic E-state index is 4.72. The van der Waals surface area contributed by atoms with E-state index in [0.29, 0.717) is 5.92 Å². The SMILES string of the molecule is CC1=C(C)C(C)C(c2ncccc2-c2ccccc2)=C1C. The number of hydrogen-bond donors (Lipinski definition) is 0. The van der Waals surface area contributed by atoms with Gasteiger partial charge in [-0.2, -0.15) is 0 Å². The summed E-state index contributed by atoms with van der Waals surface area (Å²) in [6, 6.07) is 14.7. The van der Waals surface area contributed by atoms with E-state index in [4.69, 9.17) is 4.98 Å². The Bertz CT molecular complexity index is 735. The van der Waals surface area contributed by atoms with Crippen molar-refractivity contribution in [3.63, 3.8) is 0 Å². The van der Waals surface area contributed by atoms with Crippen molar-refractivity contribution in [2.24, 2.45) is 5.92 Å². The fraction of sp³-hybridized carbons (Fsp3) is 0.250. The molecule has 1 aromatic carbocycles. The molecule has 0 bridgehead atoms. The lowest BCUT2D eigenvalue weighted by Gasteiger charge is -2.16. The molecule has 21 heavy (non-hydrogen) atoms. The molecule has 0 fully saturated rings. The van der Waals surface area contributed by atoms with Gasteiger partial charge in [0.1, 0.15) is 0 Å². The highest BCUT2D eigenvalue weighted by molar-refractivity contribution is 5.86. The lowest BCUT2D eigenvalue weighted by molar-refractivity contribution is 0.888. The third-order valence-corrected chi connectivity index (χ3v) is 4.79. The van der Waals surface area contributed by atoms with Crippen molar-refractivity contribution in [3.05, 3.63) is 71.1 Å². The number of allylic oxidation sites excluding steroid dienone is 4. The molecule has 0 amide bonds. The summed E-state index contributed by atoms with van der Waals surface area (Å²) in [4.78, 5) is 4.72. The molecule has 0 saturated heterocycles. The second-order valence-electron chi connectivity index (χ2n) is 5.83. The van der Waals surface area contributed by atoms with Crippen LogP contribution in [0.25, 0.3) is 16.7 Å². The first kappa shape index (κ1) is 13.8. The summed E-state index contributed by atoms with van der Waals surface area (Å²) in [5, 5.41) is 0.